The molecule has 0 spiro atoms. The van der Waals surface area contributed by atoms with Crippen LogP contribution in [0.4, 0.5) is 5.69 Å². The van der Waals surface area contributed by atoms with Crippen molar-refractivity contribution in [1.82, 2.24) is 4.90 Å². The van der Waals surface area contributed by atoms with E-state index in [0.717, 1.165) is 25.3 Å². The summed E-state index contributed by atoms with van der Waals surface area (Å²) in [6, 6.07) is 6.33. The van der Waals surface area contributed by atoms with Gasteiger partial charge in [0.25, 0.3) is 0 Å². The number of piperidine rings is 1. The molecule has 17 heavy (non-hydrogen) atoms. The van der Waals surface area contributed by atoms with Crippen LogP contribution in [0.2, 0.25) is 0 Å². The molecular formula is C14H20N2O. The predicted octanol–water partition coefficient (Wildman–Crippen LogP) is 2.13. The zero-order valence-corrected chi connectivity index (χ0v) is 10.4. The van der Waals surface area contributed by atoms with E-state index in [9.17, 15) is 0 Å². The molecule has 1 atom stereocenters. The average molecular weight is 232 g/mol. The summed E-state index contributed by atoms with van der Waals surface area (Å²) in [5.74, 6) is 1.09. The number of anilines is 1. The van der Waals surface area contributed by atoms with Crippen LogP contribution in [0.3, 0.4) is 0 Å². The van der Waals surface area contributed by atoms with Crippen molar-refractivity contribution in [2.45, 2.75) is 25.4 Å². The van der Waals surface area contributed by atoms with Gasteiger partial charge in [0.1, 0.15) is 11.9 Å². The lowest BCUT2D eigenvalue weighted by Crippen LogP contribution is -2.38. The molecule has 3 rings (SSSR count). The monoisotopic (exact) mass is 232 g/mol. The van der Waals surface area contributed by atoms with Crippen molar-refractivity contribution in [2.24, 2.45) is 0 Å². The number of rotatable bonds is 2. The van der Waals surface area contributed by atoms with Gasteiger partial charge in [-0.2, -0.15) is 0 Å². The molecule has 2 aliphatic heterocycles. The number of hydrogen-bond acceptors (Lipinski definition) is 3. The second kappa shape index (κ2) is 4.57. The van der Waals surface area contributed by atoms with E-state index in [0.29, 0.717) is 6.10 Å². The highest BCUT2D eigenvalue weighted by Gasteiger charge is 2.21. The Morgan fingerprint density at radius 1 is 1.41 bits per heavy atom. The topological polar surface area (TPSA) is 24.5 Å². The van der Waals surface area contributed by atoms with Crippen molar-refractivity contribution >= 4 is 5.69 Å². The molecule has 1 unspecified atom stereocenters. The van der Waals surface area contributed by atoms with E-state index < -0.39 is 0 Å². The number of likely N-dealkylation sites (N-methyl/N-ethyl adjacent to an activating group) is 1. The van der Waals surface area contributed by atoms with E-state index in [2.05, 4.69) is 35.5 Å². The normalized spacial score (nSPS) is 24.2. The molecule has 1 saturated heterocycles. The molecule has 2 heterocycles. The van der Waals surface area contributed by atoms with Crippen molar-refractivity contribution in [2.75, 3.05) is 32.0 Å². The summed E-state index contributed by atoms with van der Waals surface area (Å²) in [4.78, 5) is 2.36. The van der Waals surface area contributed by atoms with Crippen molar-refractivity contribution in [3.05, 3.63) is 23.8 Å². The molecule has 3 nitrogen and oxygen atoms in total. The van der Waals surface area contributed by atoms with Crippen molar-refractivity contribution < 1.29 is 4.74 Å². The maximum Gasteiger partial charge on any atom is 0.125 e. The molecule has 2 aliphatic rings. The van der Waals surface area contributed by atoms with Crippen LogP contribution in [0.15, 0.2) is 18.2 Å². The quantitative estimate of drug-likeness (QED) is 0.845. The lowest BCUT2D eigenvalue weighted by molar-refractivity contribution is 0.103. The first-order valence-electron chi connectivity index (χ1n) is 6.54. The van der Waals surface area contributed by atoms with Crippen molar-refractivity contribution in [1.29, 1.82) is 0 Å². The van der Waals surface area contributed by atoms with E-state index in [1.165, 1.54) is 30.6 Å². The molecule has 0 aliphatic carbocycles. The fraction of sp³-hybridized carbons (Fsp3) is 0.571. The van der Waals surface area contributed by atoms with E-state index in [4.69, 9.17) is 4.74 Å². The summed E-state index contributed by atoms with van der Waals surface area (Å²) >= 11 is 0. The minimum atomic E-state index is 0.362. The van der Waals surface area contributed by atoms with Gasteiger partial charge in [-0.15, -0.1) is 0 Å². The lowest BCUT2D eigenvalue weighted by Gasteiger charge is -2.30. The number of fused-ring (bicyclic) bond motifs is 1. The highest BCUT2D eigenvalue weighted by Crippen LogP contribution is 2.32. The third kappa shape index (κ3) is 2.25. The zero-order valence-electron chi connectivity index (χ0n) is 10.4. The Labute approximate surface area is 103 Å². The summed E-state index contributed by atoms with van der Waals surface area (Å²) < 4.78 is 6.19. The number of benzene rings is 1. The molecule has 1 aromatic rings. The molecule has 3 heteroatoms. The molecule has 0 amide bonds. The van der Waals surface area contributed by atoms with Gasteiger partial charge in [0, 0.05) is 24.3 Å². The van der Waals surface area contributed by atoms with Crippen LogP contribution < -0.4 is 10.1 Å². The van der Waals surface area contributed by atoms with Crippen LogP contribution in [0.1, 0.15) is 18.4 Å². The van der Waals surface area contributed by atoms with Gasteiger partial charge in [0.2, 0.25) is 0 Å². The second-order valence-corrected chi connectivity index (χ2v) is 5.10. The summed E-state index contributed by atoms with van der Waals surface area (Å²) in [5.41, 5.74) is 2.62. The average Bonchev–Trinajstić information content (AvgIpc) is 2.78. The van der Waals surface area contributed by atoms with Gasteiger partial charge in [-0.1, -0.05) is 6.07 Å². The molecule has 0 bridgehead atoms. The first-order valence-corrected chi connectivity index (χ1v) is 6.54. The van der Waals surface area contributed by atoms with Crippen LogP contribution in [0.5, 0.6) is 5.75 Å². The summed E-state index contributed by atoms with van der Waals surface area (Å²) in [6.45, 7) is 3.30. The Bertz CT molecular complexity index is 405. The molecular weight excluding hydrogens is 212 g/mol. The standard InChI is InChI=1S/C14H20N2O/c1-16-9-3-4-11(10-16)17-14-6-2-5-13-12(14)7-8-15-13/h2,5-6,11,15H,3-4,7-10H2,1H3. The molecule has 0 radical (unpaired) electrons. The Morgan fingerprint density at radius 2 is 2.35 bits per heavy atom. The fourth-order valence-corrected chi connectivity index (χ4v) is 2.82. The minimum absolute atomic E-state index is 0.362. The third-order valence-corrected chi connectivity index (χ3v) is 3.70. The summed E-state index contributed by atoms with van der Waals surface area (Å²) in [6.07, 6.45) is 3.88. The smallest absolute Gasteiger partial charge is 0.125 e. The van der Waals surface area contributed by atoms with Crippen LogP contribution in [-0.2, 0) is 6.42 Å². The van der Waals surface area contributed by atoms with Crippen molar-refractivity contribution in [3.63, 3.8) is 0 Å². The lowest BCUT2D eigenvalue weighted by atomic mass is 10.1. The van der Waals surface area contributed by atoms with E-state index >= 15 is 0 Å². The molecule has 1 N–H and O–H groups in total. The van der Waals surface area contributed by atoms with Crippen LogP contribution >= 0.6 is 0 Å². The van der Waals surface area contributed by atoms with E-state index in [1.54, 1.807) is 0 Å². The Kier molecular flexibility index (Phi) is 2.93. The summed E-state index contributed by atoms with van der Waals surface area (Å²) in [7, 11) is 2.17. The first kappa shape index (κ1) is 10.9. The van der Waals surface area contributed by atoms with Gasteiger partial charge in [0.15, 0.2) is 0 Å². The number of hydrogen-bond donors (Lipinski definition) is 1. The summed E-state index contributed by atoms with van der Waals surface area (Å²) in [5, 5.41) is 3.40. The first-order chi connectivity index (χ1) is 8.33. The molecule has 92 valence electrons. The van der Waals surface area contributed by atoms with Crippen molar-refractivity contribution in [3.8, 4) is 5.75 Å². The number of ether oxygens (including phenoxy) is 1. The van der Waals surface area contributed by atoms with Gasteiger partial charge in [-0.05, 0) is 45.0 Å². The maximum absolute atomic E-state index is 6.19. The Hall–Kier alpha value is -1.22. The highest BCUT2D eigenvalue weighted by molar-refractivity contribution is 5.61. The predicted molar refractivity (Wildman–Crippen MR) is 69.8 cm³/mol. The highest BCUT2D eigenvalue weighted by atomic mass is 16.5. The van der Waals surface area contributed by atoms with Crippen LogP contribution in [0.25, 0.3) is 0 Å². The Balaban J connectivity index is 1.74. The van der Waals surface area contributed by atoms with Gasteiger partial charge in [0.05, 0.1) is 0 Å². The Morgan fingerprint density at radius 3 is 3.24 bits per heavy atom. The van der Waals surface area contributed by atoms with Crippen LogP contribution in [-0.4, -0.2) is 37.7 Å². The maximum atomic E-state index is 6.19. The zero-order chi connectivity index (χ0) is 11.7. The van der Waals surface area contributed by atoms with Gasteiger partial charge in [-0.3, -0.25) is 0 Å². The largest absolute Gasteiger partial charge is 0.489 e. The molecule has 0 saturated carbocycles. The number of nitrogens with one attached hydrogen (secondary N) is 1. The fourth-order valence-electron chi connectivity index (χ4n) is 2.82. The van der Waals surface area contributed by atoms with Gasteiger partial charge < -0.3 is 15.0 Å². The minimum Gasteiger partial charge on any atom is -0.489 e. The van der Waals surface area contributed by atoms with E-state index in [1.807, 2.05) is 0 Å². The van der Waals surface area contributed by atoms with Crippen LogP contribution in [0, 0.1) is 0 Å². The molecule has 1 aromatic carbocycles. The van der Waals surface area contributed by atoms with Gasteiger partial charge in [-0.25, -0.2) is 0 Å². The SMILES string of the molecule is CN1CCCC(Oc2cccc3c2CCN3)C1. The molecule has 0 aromatic heterocycles. The third-order valence-electron chi connectivity index (χ3n) is 3.70. The number of likely N-dealkylation sites (tertiary alicyclic amines) is 1. The van der Waals surface area contributed by atoms with E-state index in [-0.39, 0.29) is 0 Å². The van der Waals surface area contributed by atoms with Gasteiger partial charge >= 0.3 is 0 Å². The second-order valence-electron chi connectivity index (χ2n) is 5.10. The number of nitrogens with zero attached hydrogens (tertiary/aromatic N) is 1. The molecule has 1 fully saturated rings.